The summed E-state index contributed by atoms with van der Waals surface area (Å²) in [5, 5.41) is 17.4. The molecule has 2 heterocycles. The number of nitrogens with zero attached hydrogens (tertiary/aromatic N) is 3. The van der Waals surface area contributed by atoms with E-state index in [0.717, 1.165) is 17.0 Å². The largest absolute Gasteiger partial charge is 0.493 e. The lowest BCUT2D eigenvalue weighted by molar-refractivity contribution is 0.262. The molecule has 156 valence electrons. The SMILES string of the molecule is COc1ccc(NC(=O)Nc2ccc(-c3ccon3)cc2)cc1Oc1ccc(C)nn1. The molecule has 2 aromatic carbocycles. The van der Waals surface area contributed by atoms with Gasteiger partial charge in [-0.25, -0.2) is 4.79 Å². The van der Waals surface area contributed by atoms with E-state index in [1.54, 1.807) is 48.5 Å². The number of carbonyl (C=O) groups is 1. The van der Waals surface area contributed by atoms with Crippen LogP contribution >= 0.6 is 0 Å². The second-order valence-corrected chi connectivity index (χ2v) is 6.52. The van der Waals surface area contributed by atoms with Gasteiger partial charge in [0.1, 0.15) is 12.0 Å². The van der Waals surface area contributed by atoms with Gasteiger partial charge in [0, 0.05) is 35.1 Å². The quantitative estimate of drug-likeness (QED) is 0.460. The first-order valence-electron chi connectivity index (χ1n) is 9.36. The maximum absolute atomic E-state index is 12.4. The van der Waals surface area contributed by atoms with Gasteiger partial charge in [0.05, 0.1) is 12.8 Å². The molecule has 0 spiro atoms. The van der Waals surface area contributed by atoms with E-state index in [1.807, 2.05) is 19.1 Å². The predicted molar refractivity (Wildman–Crippen MR) is 114 cm³/mol. The zero-order valence-electron chi connectivity index (χ0n) is 16.8. The summed E-state index contributed by atoms with van der Waals surface area (Å²) in [6.07, 6.45) is 1.51. The monoisotopic (exact) mass is 417 g/mol. The van der Waals surface area contributed by atoms with Gasteiger partial charge in [0.2, 0.25) is 5.88 Å². The average Bonchev–Trinajstić information content (AvgIpc) is 3.31. The van der Waals surface area contributed by atoms with Crippen LogP contribution in [0.1, 0.15) is 5.69 Å². The average molecular weight is 417 g/mol. The van der Waals surface area contributed by atoms with Gasteiger partial charge in [0.25, 0.3) is 0 Å². The van der Waals surface area contributed by atoms with Crippen molar-refractivity contribution in [1.29, 1.82) is 0 Å². The normalized spacial score (nSPS) is 10.4. The number of hydrogen-bond donors (Lipinski definition) is 2. The Balaban J connectivity index is 1.43. The van der Waals surface area contributed by atoms with Gasteiger partial charge in [-0.05, 0) is 37.3 Å². The smallest absolute Gasteiger partial charge is 0.323 e. The maximum atomic E-state index is 12.4. The first kappa shape index (κ1) is 19.9. The topological polar surface area (TPSA) is 111 Å². The van der Waals surface area contributed by atoms with E-state index in [-0.39, 0.29) is 0 Å². The molecule has 0 saturated heterocycles. The number of rotatable bonds is 6. The van der Waals surface area contributed by atoms with E-state index in [2.05, 4.69) is 26.0 Å². The highest BCUT2D eigenvalue weighted by Crippen LogP contribution is 2.33. The van der Waals surface area contributed by atoms with Crippen LogP contribution in [0.5, 0.6) is 17.4 Å². The second kappa shape index (κ2) is 8.95. The molecule has 2 N–H and O–H groups in total. The summed E-state index contributed by atoms with van der Waals surface area (Å²) in [7, 11) is 1.53. The minimum Gasteiger partial charge on any atom is -0.493 e. The van der Waals surface area contributed by atoms with Crippen LogP contribution in [0.2, 0.25) is 0 Å². The summed E-state index contributed by atoms with van der Waals surface area (Å²) < 4.78 is 15.9. The Kier molecular flexibility index (Phi) is 5.75. The van der Waals surface area contributed by atoms with Crippen LogP contribution in [-0.2, 0) is 0 Å². The summed E-state index contributed by atoms with van der Waals surface area (Å²) in [4.78, 5) is 12.4. The van der Waals surface area contributed by atoms with Crippen molar-refractivity contribution < 1.29 is 18.8 Å². The molecule has 0 aliphatic heterocycles. The molecule has 9 heteroatoms. The number of aromatic nitrogens is 3. The third-order valence-electron chi connectivity index (χ3n) is 4.29. The number of urea groups is 1. The molecule has 2 aromatic heterocycles. The van der Waals surface area contributed by atoms with Crippen LogP contribution in [0.15, 0.2) is 71.4 Å². The van der Waals surface area contributed by atoms with Crippen LogP contribution in [0, 0.1) is 6.92 Å². The minimum atomic E-state index is -0.402. The summed E-state index contributed by atoms with van der Waals surface area (Å²) in [5.41, 5.74) is 3.54. The van der Waals surface area contributed by atoms with Crippen molar-refractivity contribution in [3.05, 3.63) is 72.6 Å². The van der Waals surface area contributed by atoms with Crippen LogP contribution in [-0.4, -0.2) is 28.5 Å². The first-order chi connectivity index (χ1) is 15.1. The number of benzene rings is 2. The molecule has 0 unspecified atom stereocenters. The molecule has 4 rings (SSSR count). The lowest BCUT2D eigenvalue weighted by Crippen LogP contribution is -2.19. The van der Waals surface area contributed by atoms with Gasteiger partial charge in [-0.1, -0.05) is 17.3 Å². The summed E-state index contributed by atoms with van der Waals surface area (Å²) in [5.74, 6) is 1.21. The molecule has 0 aliphatic carbocycles. The van der Waals surface area contributed by atoms with Gasteiger partial charge in [-0.15, -0.1) is 5.10 Å². The van der Waals surface area contributed by atoms with Gasteiger partial charge in [-0.2, -0.15) is 5.10 Å². The number of methoxy groups -OCH3 is 1. The Hall–Kier alpha value is -4.40. The van der Waals surface area contributed by atoms with E-state index < -0.39 is 6.03 Å². The Morgan fingerprint density at radius 2 is 1.68 bits per heavy atom. The molecule has 0 saturated carbocycles. The van der Waals surface area contributed by atoms with E-state index in [0.29, 0.717) is 28.8 Å². The Bertz CT molecular complexity index is 1160. The maximum Gasteiger partial charge on any atom is 0.323 e. The predicted octanol–water partition coefficient (Wildman–Crippen LogP) is 4.88. The molecule has 0 bridgehead atoms. The fourth-order valence-corrected chi connectivity index (χ4v) is 2.77. The molecule has 0 fully saturated rings. The van der Waals surface area contributed by atoms with Gasteiger partial charge < -0.3 is 24.6 Å². The van der Waals surface area contributed by atoms with Crippen LogP contribution in [0.4, 0.5) is 16.2 Å². The Morgan fingerprint density at radius 3 is 2.35 bits per heavy atom. The van der Waals surface area contributed by atoms with Crippen molar-refractivity contribution in [2.45, 2.75) is 6.92 Å². The summed E-state index contributed by atoms with van der Waals surface area (Å²) in [6.45, 7) is 1.84. The van der Waals surface area contributed by atoms with Crippen molar-refractivity contribution in [2.24, 2.45) is 0 Å². The molecule has 31 heavy (non-hydrogen) atoms. The van der Waals surface area contributed by atoms with Crippen molar-refractivity contribution >= 4 is 17.4 Å². The zero-order valence-corrected chi connectivity index (χ0v) is 16.8. The Labute approximate surface area is 178 Å². The first-order valence-corrected chi connectivity index (χ1v) is 9.36. The molecule has 4 aromatic rings. The molecule has 0 radical (unpaired) electrons. The highest BCUT2D eigenvalue weighted by molar-refractivity contribution is 6.00. The molecular weight excluding hydrogens is 398 g/mol. The lowest BCUT2D eigenvalue weighted by Gasteiger charge is -2.12. The minimum absolute atomic E-state index is 0.317. The van der Waals surface area contributed by atoms with E-state index in [9.17, 15) is 4.79 Å². The van der Waals surface area contributed by atoms with E-state index in [4.69, 9.17) is 14.0 Å². The van der Waals surface area contributed by atoms with Gasteiger partial charge >= 0.3 is 6.03 Å². The standard InChI is InChI=1S/C22H19N5O4/c1-14-3-10-21(26-25-14)31-20-13-17(8-9-19(20)29-2)24-22(28)23-16-6-4-15(5-7-16)18-11-12-30-27-18/h3-13H,1-2H3,(H2,23,24,28). The van der Waals surface area contributed by atoms with Crippen LogP contribution < -0.4 is 20.1 Å². The third-order valence-corrected chi connectivity index (χ3v) is 4.29. The lowest BCUT2D eigenvalue weighted by atomic mass is 10.1. The number of hydrogen-bond acceptors (Lipinski definition) is 7. The number of nitrogens with one attached hydrogen (secondary N) is 2. The molecule has 9 nitrogen and oxygen atoms in total. The zero-order chi connectivity index (χ0) is 21.6. The van der Waals surface area contributed by atoms with Crippen molar-refractivity contribution in [2.75, 3.05) is 17.7 Å². The second-order valence-electron chi connectivity index (χ2n) is 6.52. The van der Waals surface area contributed by atoms with Crippen molar-refractivity contribution in [1.82, 2.24) is 15.4 Å². The highest BCUT2D eigenvalue weighted by Gasteiger charge is 2.11. The third kappa shape index (κ3) is 4.96. The van der Waals surface area contributed by atoms with Crippen LogP contribution in [0.25, 0.3) is 11.3 Å². The van der Waals surface area contributed by atoms with E-state index >= 15 is 0 Å². The summed E-state index contributed by atoms with van der Waals surface area (Å²) >= 11 is 0. The fraction of sp³-hybridized carbons (Fsp3) is 0.0909. The molecular formula is C22H19N5O4. The number of ether oxygens (including phenoxy) is 2. The van der Waals surface area contributed by atoms with Gasteiger partial charge in [-0.3, -0.25) is 0 Å². The Morgan fingerprint density at radius 1 is 0.903 bits per heavy atom. The molecule has 0 aliphatic rings. The van der Waals surface area contributed by atoms with Crippen molar-refractivity contribution in [3.63, 3.8) is 0 Å². The number of aryl methyl sites for hydroxylation is 1. The number of anilines is 2. The highest BCUT2D eigenvalue weighted by atomic mass is 16.5. The van der Waals surface area contributed by atoms with Crippen molar-refractivity contribution in [3.8, 4) is 28.6 Å². The number of carbonyl (C=O) groups excluding carboxylic acids is 1. The molecule has 2 amide bonds. The number of amides is 2. The fourth-order valence-electron chi connectivity index (χ4n) is 2.77. The van der Waals surface area contributed by atoms with Crippen LogP contribution in [0.3, 0.4) is 0 Å². The van der Waals surface area contributed by atoms with Gasteiger partial charge in [0.15, 0.2) is 11.5 Å². The van der Waals surface area contributed by atoms with E-state index in [1.165, 1.54) is 13.4 Å². The molecule has 0 atom stereocenters. The summed E-state index contributed by atoms with van der Waals surface area (Å²) in [6, 6.07) is 17.2.